The molecule has 0 saturated heterocycles. The Morgan fingerprint density at radius 1 is 1.00 bits per heavy atom. The van der Waals surface area contributed by atoms with Crippen LogP contribution in [0.2, 0.25) is 13.1 Å². The van der Waals surface area contributed by atoms with Crippen LogP contribution in [-0.2, 0) is 13.6 Å². The molecule has 154 valence electrons. The highest BCUT2D eigenvalue weighted by Gasteiger charge is 2.36. The number of benzene rings is 1. The highest BCUT2D eigenvalue weighted by atomic mass is 28.2. The van der Waals surface area contributed by atoms with Gasteiger partial charge in [0, 0.05) is 11.0 Å². The largest absolute Gasteiger partial charge is 0.497 e. The SMILES string of the molecule is COC(=C(CC(C)(C)C(O[SiH2]C)O[SiH2]C)C(C)(C)C)c1cccc(OC)c1. The minimum Gasteiger partial charge on any atom is -0.497 e. The van der Waals surface area contributed by atoms with E-state index < -0.39 is 19.5 Å². The number of ether oxygens (including phenoxy) is 2. The van der Waals surface area contributed by atoms with Gasteiger partial charge < -0.3 is 18.3 Å². The van der Waals surface area contributed by atoms with Crippen molar-refractivity contribution in [1.29, 1.82) is 0 Å². The molecule has 1 rings (SSSR count). The van der Waals surface area contributed by atoms with Gasteiger partial charge in [0.05, 0.1) is 14.2 Å². The monoisotopic (exact) mass is 410 g/mol. The molecule has 0 atom stereocenters. The summed E-state index contributed by atoms with van der Waals surface area (Å²) in [5, 5.41) is 0. The number of hydrogen-bond acceptors (Lipinski definition) is 4. The lowest BCUT2D eigenvalue weighted by Gasteiger charge is -2.38. The van der Waals surface area contributed by atoms with Crippen LogP contribution in [0.15, 0.2) is 29.8 Å². The van der Waals surface area contributed by atoms with Gasteiger partial charge in [0.15, 0.2) is 19.5 Å². The maximum atomic E-state index is 6.08. The van der Waals surface area contributed by atoms with Gasteiger partial charge in [0.2, 0.25) is 0 Å². The highest BCUT2D eigenvalue weighted by molar-refractivity contribution is 6.26. The van der Waals surface area contributed by atoms with E-state index >= 15 is 0 Å². The van der Waals surface area contributed by atoms with Crippen LogP contribution < -0.4 is 4.74 Å². The van der Waals surface area contributed by atoms with Gasteiger partial charge in [-0.3, -0.25) is 0 Å². The van der Waals surface area contributed by atoms with Crippen LogP contribution in [0.4, 0.5) is 0 Å². The summed E-state index contributed by atoms with van der Waals surface area (Å²) in [5.41, 5.74) is 2.10. The maximum absolute atomic E-state index is 6.08. The fourth-order valence-corrected chi connectivity index (χ4v) is 5.10. The van der Waals surface area contributed by atoms with Crippen LogP contribution in [0.5, 0.6) is 5.75 Å². The molecule has 0 aliphatic rings. The molecule has 1 aromatic rings. The first-order chi connectivity index (χ1) is 12.6. The molecule has 0 unspecified atom stereocenters. The van der Waals surface area contributed by atoms with Crippen molar-refractivity contribution in [3.8, 4) is 5.75 Å². The van der Waals surface area contributed by atoms with Crippen molar-refractivity contribution < 1.29 is 18.3 Å². The van der Waals surface area contributed by atoms with Crippen molar-refractivity contribution in [2.45, 2.75) is 60.4 Å². The molecule has 0 N–H and O–H groups in total. The highest BCUT2D eigenvalue weighted by Crippen LogP contribution is 2.43. The molecule has 0 aliphatic heterocycles. The van der Waals surface area contributed by atoms with Gasteiger partial charge in [-0.05, 0) is 29.5 Å². The number of methoxy groups -OCH3 is 2. The Morgan fingerprint density at radius 3 is 2.04 bits per heavy atom. The van der Waals surface area contributed by atoms with Gasteiger partial charge in [0.25, 0.3) is 0 Å². The third kappa shape index (κ3) is 6.78. The van der Waals surface area contributed by atoms with Gasteiger partial charge in [-0.15, -0.1) is 0 Å². The Balaban J connectivity index is 3.43. The first kappa shape index (κ1) is 24.0. The number of allylic oxidation sites excluding steroid dienone is 1. The number of rotatable bonds is 10. The minimum absolute atomic E-state index is 0.0521. The third-order valence-electron chi connectivity index (χ3n) is 4.62. The van der Waals surface area contributed by atoms with Crippen molar-refractivity contribution in [3.63, 3.8) is 0 Å². The van der Waals surface area contributed by atoms with Crippen molar-refractivity contribution in [2.24, 2.45) is 10.8 Å². The van der Waals surface area contributed by atoms with E-state index in [0.717, 1.165) is 23.5 Å². The summed E-state index contributed by atoms with van der Waals surface area (Å²) >= 11 is 0. The lowest BCUT2D eigenvalue weighted by Crippen LogP contribution is -2.37. The van der Waals surface area contributed by atoms with E-state index in [4.69, 9.17) is 18.3 Å². The fourth-order valence-electron chi connectivity index (χ4n) is 3.21. The first-order valence-corrected chi connectivity index (χ1v) is 13.7. The zero-order valence-electron chi connectivity index (χ0n) is 18.6. The summed E-state index contributed by atoms with van der Waals surface area (Å²) in [5.74, 6) is 1.74. The zero-order valence-corrected chi connectivity index (χ0v) is 21.5. The van der Waals surface area contributed by atoms with Gasteiger partial charge in [-0.2, -0.15) is 0 Å². The Morgan fingerprint density at radius 2 is 1.59 bits per heavy atom. The van der Waals surface area contributed by atoms with Crippen LogP contribution in [0, 0.1) is 10.8 Å². The molecular formula is C21H38O4Si2. The molecule has 0 amide bonds. The average molecular weight is 411 g/mol. The van der Waals surface area contributed by atoms with Crippen LogP contribution in [0.3, 0.4) is 0 Å². The Labute approximate surface area is 170 Å². The Hall–Kier alpha value is -1.09. The molecular weight excluding hydrogens is 372 g/mol. The lowest BCUT2D eigenvalue weighted by molar-refractivity contribution is -0.0795. The molecule has 0 fully saturated rings. The van der Waals surface area contributed by atoms with Crippen molar-refractivity contribution in [3.05, 3.63) is 35.4 Å². The summed E-state index contributed by atoms with van der Waals surface area (Å²) in [6.45, 7) is 15.5. The second kappa shape index (κ2) is 10.5. The molecule has 0 saturated carbocycles. The van der Waals surface area contributed by atoms with E-state index in [-0.39, 0.29) is 17.1 Å². The molecule has 0 bridgehead atoms. The molecule has 0 spiro atoms. The first-order valence-electron chi connectivity index (χ1n) is 9.75. The molecule has 6 heteroatoms. The van der Waals surface area contributed by atoms with E-state index in [9.17, 15) is 0 Å². The predicted octanol–water partition coefficient (Wildman–Crippen LogP) is 4.14. The zero-order chi connectivity index (χ0) is 20.7. The summed E-state index contributed by atoms with van der Waals surface area (Å²) in [6, 6.07) is 8.05. The smallest absolute Gasteiger partial charge is 0.161 e. The van der Waals surface area contributed by atoms with E-state index in [1.54, 1.807) is 14.2 Å². The Bertz CT molecular complexity index is 615. The van der Waals surface area contributed by atoms with Gasteiger partial charge in [-0.25, -0.2) is 0 Å². The van der Waals surface area contributed by atoms with Crippen molar-refractivity contribution >= 4 is 25.3 Å². The third-order valence-corrected chi connectivity index (χ3v) is 5.89. The summed E-state index contributed by atoms with van der Waals surface area (Å²) in [6.07, 6.45) is 0.691. The molecule has 0 aromatic heterocycles. The van der Waals surface area contributed by atoms with Gasteiger partial charge in [-0.1, -0.05) is 59.8 Å². The fraction of sp³-hybridized carbons (Fsp3) is 0.619. The summed E-state index contributed by atoms with van der Waals surface area (Å²) < 4.78 is 23.5. The van der Waals surface area contributed by atoms with Crippen LogP contribution in [0.25, 0.3) is 5.76 Å². The second-order valence-corrected chi connectivity index (χ2v) is 10.2. The van der Waals surface area contributed by atoms with Crippen LogP contribution in [0.1, 0.15) is 46.6 Å². The van der Waals surface area contributed by atoms with Crippen LogP contribution in [-0.4, -0.2) is 40.0 Å². The normalized spacial score (nSPS) is 15.4. The van der Waals surface area contributed by atoms with Gasteiger partial charge in [0.1, 0.15) is 17.8 Å². The topological polar surface area (TPSA) is 36.9 Å². The number of hydrogen-bond donors (Lipinski definition) is 0. The minimum atomic E-state index is -0.552. The van der Waals surface area contributed by atoms with Crippen molar-refractivity contribution in [1.82, 2.24) is 0 Å². The standard InChI is InChI=1S/C21H38O4Si2/c1-20(2,3)17(14-21(4,5)19(24-26-8)25-27-9)18(23-7)15-11-10-12-16(13-15)22-6/h10-13,19H,14,26-27H2,1-9H3. The van der Waals surface area contributed by atoms with Gasteiger partial charge >= 0.3 is 0 Å². The van der Waals surface area contributed by atoms with Crippen molar-refractivity contribution in [2.75, 3.05) is 14.2 Å². The van der Waals surface area contributed by atoms with Crippen LogP contribution >= 0.6 is 0 Å². The molecule has 0 radical (unpaired) electrons. The van der Waals surface area contributed by atoms with E-state index in [1.807, 2.05) is 18.2 Å². The molecule has 0 aliphatic carbocycles. The molecule has 4 nitrogen and oxygen atoms in total. The summed E-state index contributed by atoms with van der Waals surface area (Å²) in [7, 11) is 2.33. The average Bonchev–Trinajstić information content (AvgIpc) is 2.60. The predicted molar refractivity (Wildman–Crippen MR) is 120 cm³/mol. The van der Waals surface area contributed by atoms with E-state index in [2.05, 4.69) is 53.8 Å². The van der Waals surface area contributed by atoms with E-state index in [1.165, 1.54) is 5.57 Å². The maximum Gasteiger partial charge on any atom is 0.161 e. The molecule has 27 heavy (non-hydrogen) atoms. The molecule has 0 heterocycles. The second-order valence-electron chi connectivity index (χ2n) is 8.40. The molecule has 1 aromatic carbocycles. The summed E-state index contributed by atoms with van der Waals surface area (Å²) in [4.78, 5) is 0. The quantitative estimate of drug-likeness (QED) is 0.330. The van der Waals surface area contributed by atoms with E-state index in [0.29, 0.717) is 0 Å². The Kier molecular flexibility index (Phi) is 9.28. The lowest BCUT2D eigenvalue weighted by atomic mass is 9.74.